The van der Waals surface area contributed by atoms with Crippen molar-refractivity contribution in [2.24, 2.45) is 0 Å². The molecule has 8 heteroatoms. The molecule has 0 aliphatic rings. The second-order valence-electron chi connectivity index (χ2n) is 5.71. The Hall–Kier alpha value is -2.47. The number of Topliss-reactive ketones (excluding diaryl/α,β-unsaturated/α-hetero) is 1. The first-order chi connectivity index (χ1) is 13.4. The Morgan fingerprint density at radius 2 is 1.50 bits per heavy atom. The van der Waals surface area contributed by atoms with E-state index in [-0.39, 0.29) is 18.8 Å². The third kappa shape index (κ3) is 5.29. The first-order valence-corrected chi connectivity index (χ1v) is 10.5. The monoisotopic (exact) mass is 405 g/mol. The molecule has 2 aromatic rings. The summed E-state index contributed by atoms with van der Waals surface area (Å²) >= 11 is 0. The number of methoxy groups -OCH3 is 1. The van der Waals surface area contributed by atoms with Gasteiger partial charge in [0, 0.05) is 11.1 Å². The SMILES string of the molecule is CCOP(=O)(OCC)[C@H](NC(=O)c1ccc(OC)cc1)C(=O)c1ccccc1. The quantitative estimate of drug-likeness (QED) is 0.476. The van der Waals surface area contributed by atoms with Crippen LogP contribution in [-0.2, 0) is 13.6 Å². The van der Waals surface area contributed by atoms with Gasteiger partial charge in [-0.1, -0.05) is 30.3 Å². The van der Waals surface area contributed by atoms with E-state index in [2.05, 4.69) is 5.32 Å². The van der Waals surface area contributed by atoms with Crippen molar-refractivity contribution in [1.82, 2.24) is 5.32 Å². The molecular formula is C20H24NO6P. The van der Waals surface area contributed by atoms with Crippen LogP contribution in [0.4, 0.5) is 0 Å². The number of ether oxygens (including phenoxy) is 1. The van der Waals surface area contributed by atoms with Crippen molar-refractivity contribution in [2.75, 3.05) is 20.3 Å². The summed E-state index contributed by atoms with van der Waals surface area (Å²) < 4.78 is 29.0. The number of carbonyl (C=O) groups excluding carboxylic acids is 2. The molecule has 1 N–H and O–H groups in total. The van der Waals surface area contributed by atoms with Crippen LogP contribution in [0, 0.1) is 0 Å². The fourth-order valence-corrected chi connectivity index (χ4v) is 4.35. The summed E-state index contributed by atoms with van der Waals surface area (Å²) in [6, 6.07) is 14.6. The highest BCUT2D eigenvalue weighted by atomic mass is 31.2. The minimum atomic E-state index is -3.95. The van der Waals surface area contributed by atoms with Crippen LogP contribution in [0.5, 0.6) is 5.75 Å². The van der Waals surface area contributed by atoms with Crippen molar-refractivity contribution in [3.63, 3.8) is 0 Å². The van der Waals surface area contributed by atoms with E-state index in [1.165, 1.54) is 7.11 Å². The smallest absolute Gasteiger partial charge is 0.360 e. The van der Waals surface area contributed by atoms with Gasteiger partial charge in [-0.2, -0.15) is 0 Å². The predicted octanol–water partition coefficient (Wildman–Crippen LogP) is 3.90. The summed E-state index contributed by atoms with van der Waals surface area (Å²) in [5.74, 6) is -2.00. The summed E-state index contributed by atoms with van der Waals surface area (Å²) in [7, 11) is -2.43. The predicted molar refractivity (Wildman–Crippen MR) is 106 cm³/mol. The second-order valence-corrected chi connectivity index (χ2v) is 7.82. The Balaban J connectivity index is 2.37. The summed E-state index contributed by atoms with van der Waals surface area (Å²) in [5, 5.41) is 2.54. The van der Waals surface area contributed by atoms with Crippen LogP contribution in [0.1, 0.15) is 34.6 Å². The van der Waals surface area contributed by atoms with Gasteiger partial charge in [-0.3, -0.25) is 14.2 Å². The van der Waals surface area contributed by atoms with Crippen LogP contribution in [-0.4, -0.2) is 37.8 Å². The lowest BCUT2D eigenvalue weighted by atomic mass is 10.1. The molecule has 1 amide bonds. The van der Waals surface area contributed by atoms with Crippen LogP contribution >= 0.6 is 7.60 Å². The highest BCUT2D eigenvalue weighted by Gasteiger charge is 2.42. The number of amides is 1. The molecule has 0 unspecified atom stereocenters. The molecule has 0 bridgehead atoms. The maximum Gasteiger partial charge on any atom is 0.360 e. The molecule has 0 aromatic heterocycles. The second kappa shape index (κ2) is 10.2. The fourth-order valence-electron chi connectivity index (χ4n) is 2.54. The zero-order chi connectivity index (χ0) is 20.6. The molecule has 0 aliphatic carbocycles. The Labute approximate surface area is 164 Å². The molecule has 1 atom stereocenters. The van der Waals surface area contributed by atoms with E-state index in [0.29, 0.717) is 11.3 Å². The molecule has 0 fully saturated rings. The number of hydrogen-bond acceptors (Lipinski definition) is 6. The van der Waals surface area contributed by atoms with Gasteiger partial charge >= 0.3 is 7.60 Å². The van der Waals surface area contributed by atoms with E-state index >= 15 is 0 Å². The van der Waals surface area contributed by atoms with E-state index in [0.717, 1.165) is 0 Å². The van der Waals surface area contributed by atoms with E-state index in [1.807, 2.05) is 0 Å². The molecule has 28 heavy (non-hydrogen) atoms. The minimum absolute atomic E-state index is 0.0637. The molecule has 150 valence electrons. The van der Waals surface area contributed by atoms with E-state index in [9.17, 15) is 14.2 Å². The van der Waals surface area contributed by atoms with Gasteiger partial charge in [-0.05, 0) is 38.1 Å². The number of benzene rings is 2. The van der Waals surface area contributed by atoms with Gasteiger partial charge in [0.1, 0.15) is 5.75 Å². The Kier molecular flexibility index (Phi) is 7.93. The van der Waals surface area contributed by atoms with Crippen molar-refractivity contribution >= 4 is 19.3 Å². The topological polar surface area (TPSA) is 90.9 Å². The average molecular weight is 405 g/mol. The summed E-state index contributed by atoms with van der Waals surface area (Å²) in [6.45, 7) is 3.41. The largest absolute Gasteiger partial charge is 0.497 e. The molecule has 0 saturated carbocycles. The van der Waals surface area contributed by atoms with Crippen molar-refractivity contribution in [3.05, 3.63) is 65.7 Å². The van der Waals surface area contributed by atoms with E-state index in [4.69, 9.17) is 13.8 Å². The van der Waals surface area contributed by atoms with Gasteiger partial charge in [0.25, 0.3) is 5.91 Å². The normalized spacial score (nSPS) is 12.2. The van der Waals surface area contributed by atoms with Crippen molar-refractivity contribution < 1.29 is 27.9 Å². The third-order valence-corrected chi connectivity index (χ3v) is 6.09. The van der Waals surface area contributed by atoms with E-state index in [1.54, 1.807) is 68.4 Å². The van der Waals surface area contributed by atoms with Crippen LogP contribution < -0.4 is 10.1 Å². The molecule has 0 aliphatic heterocycles. The number of rotatable bonds is 10. The van der Waals surface area contributed by atoms with Crippen molar-refractivity contribution in [3.8, 4) is 5.75 Å². The highest BCUT2D eigenvalue weighted by Crippen LogP contribution is 2.53. The van der Waals surface area contributed by atoms with Gasteiger partial charge < -0.3 is 19.1 Å². The lowest BCUT2D eigenvalue weighted by molar-refractivity contribution is 0.0865. The van der Waals surface area contributed by atoms with Crippen LogP contribution in [0.15, 0.2) is 54.6 Å². The summed E-state index contributed by atoms with van der Waals surface area (Å²) in [5.41, 5.74) is 0.577. The minimum Gasteiger partial charge on any atom is -0.497 e. The summed E-state index contributed by atoms with van der Waals surface area (Å²) in [6.07, 6.45) is 0. The molecular weight excluding hydrogens is 381 g/mol. The highest BCUT2D eigenvalue weighted by molar-refractivity contribution is 7.55. The summed E-state index contributed by atoms with van der Waals surface area (Å²) in [4.78, 5) is 25.8. The third-order valence-electron chi connectivity index (χ3n) is 3.86. The number of carbonyl (C=O) groups is 2. The molecule has 0 radical (unpaired) electrons. The molecule has 7 nitrogen and oxygen atoms in total. The van der Waals surface area contributed by atoms with E-state index < -0.39 is 25.1 Å². The lowest BCUT2D eigenvalue weighted by Crippen LogP contribution is -2.41. The fraction of sp³-hybridized carbons (Fsp3) is 0.300. The van der Waals surface area contributed by atoms with Crippen molar-refractivity contribution in [1.29, 1.82) is 0 Å². The number of hydrogen-bond donors (Lipinski definition) is 1. The number of ketones is 1. The van der Waals surface area contributed by atoms with Gasteiger partial charge in [0.15, 0.2) is 11.6 Å². The first kappa shape index (κ1) is 21.8. The maximum absolute atomic E-state index is 13.3. The average Bonchev–Trinajstić information content (AvgIpc) is 2.72. The Morgan fingerprint density at radius 3 is 2.00 bits per heavy atom. The van der Waals surface area contributed by atoms with Crippen molar-refractivity contribution in [2.45, 2.75) is 19.6 Å². The Bertz CT molecular complexity index is 828. The van der Waals surface area contributed by atoms with Gasteiger partial charge in [0.05, 0.1) is 20.3 Å². The standard InChI is InChI=1S/C20H24NO6P/c1-4-26-28(24,27-5-2)20(18(22)15-9-7-6-8-10-15)21-19(23)16-11-13-17(25-3)14-12-16/h6-14,20H,4-5H2,1-3H3,(H,21,23)/t20-/m0/s1. The van der Waals surface area contributed by atoms with Gasteiger partial charge in [0.2, 0.25) is 0 Å². The molecule has 0 spiro atoms. The number of nitrogens with one attached hydrogen (secondary N) is 1. The van der Waals surface area contributed by atoms with Crippen LogP contribution in [0.2, 0.25) is 0 Å². The lowest BCUT2D eigenvalue weighted by Gasteiger charge is -2.26. The van der Waals surface area contributed by atoms with Crippen LogP contribution in [0.25, 0.3) is 0 Å². The first-order valence-electron chi connectivity index (χ1n) is 8.88. The maximum atomic E-state index is 13.3. The molecule has 2 rings (SSSR count). The Morgan fingerprint density at radius 1 is 0.929 bits per heavy atom. The molecule has 0 heterocycles. The zero-order valence-electron chi connectivity index (χ0n) is 16.1. The van der Waals surface area contributed by atoms with Gasteiger partial charge in [-0.25, -0.2) is 0 Å². The van der Waals surface area contributed by atoms with Crippen LogP contribution in [0.3, 0.4) is 0 Å². The van der Waals surface area contributed by atoms with Gasteiger partial charge in [-0.15, -0.1) is 0 Å². The zero-order valence-corrected chi connectivity index (χ0v) is 17.0. The molecule has 0 saturated heterocycles. The molecule has 2 aromatic carbocycles.